The van der Waals surface area contributed by atoms with Gasteiger partial charge in [-0.2, -0.15) is 0 Å². The minimum atomic E-state index is -0.589. The Labute approximate surface area is 171 Å². The molecule has 150 valence electrons. The molecule has 0 aliphatic carbocycles. The summed E-state index contributed by atoms with van der Waals surface area (Å²) in [6.45, 7) is 3.91. The third-order valence-corrected chi connectivity index (χ3v) is 4.61. The number of hydrogen-bond acceptors (Lipinski definition) is 9. The maximum absolute atomic E-state index is 12.1. The van der Waals surface area contributed by atoms with Gasteiger partial charge in [-0.15, -0.1) is 0 Å². The fourth-order valence-corrected chi connectivity index (χ4v) is 2.93. The van der Waals surface area contributed by atoms with Crippen LogP contribution in [0.5, 0.6) is 0 Å². The van der Waals surface area contributed by atoms with E-state index in [1.165, 1.54) is 6.20 Å². The number of nitrogens with zero attached hydrogens (tertiary/aromatic N) is 3. The number of anilines is 2. The molecular formula is C19H19N5O4S. The van der Waals surface area contributed by atoms with E-state index in [1.807, 2.05) is 31.2 Å². The van der Waals surface area contributed by atoms with Gasteiger partial charge < -0.3 is 15.0 Å². The number of benzene rings is 1. The summed E-state index contributed by atoms with van der Waals surface area (Å²) in [4.78, 5) is 31.9. The van der Waals surface area contributed by atoms with Crippen LogP contribution in [0.1, 0.15) is 22.8 Å². The van der Waals surface area contributed by atoms with Gasteiger partial charge in [0.25, 0.3) is 0 Å². The number of rotatable bonds is 7. The van der Waals surface area contributed by atoms with Gasteiger partial charge >= 0.3 is 5.97 Å². The van der Waals surface area contributed by atoms with Crippen LogP contribution in [-0.4, -0.2) is 39.4 Å². The van der Waals surface area contributed by atoms with E-state index >= 15 is 0 Å². The predicted octanol–water partition coefficient (Wildman–Crippen LogP) is 2.93. The van der Waals surface area contributed by atoms with Crippen molar-refractivity contribution < 1.29 is 18.8 Å². The number of nitrogen functional groups attached to an aromatic ring is 1. The van der Waals surface area contributed by atoms with Crippen LogP contribution in [0, 0.1) is 6.92 Å². The number of aromatic nitrogens is 3. The van der Waals surface area contributed by atoms with Gasteiger partial charge in [0.1, 0.15) is 17.1 Å². The first kappa shape index (κ1) is 20.3. The van der Waals surface area contributed by atoms with Crippen molar-refractivity contribution >= 4 is 35.3 Å². The summed E-state index contributed by atoms with van der Waals surface area (Å²) in [5, 5.41) is 6.85. The summed E-state index contributed by atoms with van der Waals surface area (Å²) in [6.07, 6.45) is 1.28. The smallest absolute Gasteiger partial charge is 0.343 e. The molecule has 2 aromatic heterocycles. The first-order chi connectivity index (χ1) is 14.0. The Bertz CT molecular complexity index is 1020. The molecule has 0 radical (unpaired) electrons. The van der Waals surface area contributed by atoms with Crippen molar-refractivity contribution in [3.63, 3.8) is 0 Å². The SMILES string of the molecule is CCOC(=O)c1cnc(SCC(=O)Nc2cc(-c3ccc(C)cc3)no2)nc1N. The molecular weight excluding hydrogens is 394 g/mol. The van der Waals surface area contributed by atoms with E-state index < -0.39 is 5.97 Å². The standard InChI is InChI=1S/C19H19N5O4S/c1-3-27-18(26)13-9-21-19(23-17(13)20)29-10-15(25)22-16-8-14(24-28-16)12-6-4-11(2)5-7-12/h4-9H,3,10H2,1-2H3,(H,22,25)(H2,20,21,23). The maximum Gasteiger partial charge on any atom is 0.343 e. The molecule has 3 N–H and O–H groups in total. The first-order valence-corrected chi connectivity index (χ1v) is 9.71. The molecule has 10 heteroatoms. The van der Waals surface area contributed by atoms with Gasteiger partial charge in [-0.25, -0.2) is 14.8 Å². The number of hydrogen-bond donors (Lipinski definition) is 2. The average Bonchev–Trinajstić information content (AvgIpc) is 3.15. The second-order valence-electron chi connectivity index (χ2n) is 5.95. The fraction of sp³-hybridized carbons (Fsp3) is 0.211. The Hall–Kier alpha value is -3.40. The van der Waals surface area contributed by atoms with E-state index in [9.17, 15) is 9.59 Å². The Morgan fingerprint density at radius 2 is 2.03 bits per heavy atom. The molecule has 1 aromatic carbocycles. The highest BCUT2D eigenvalue weighted by Gasteiger charge is 2.15. The van der Waals surface area contributed by atoms with Crippen molar-refractivity contribution in [1.29, 1.82) is 0 Å². The van der Waals surface area contributed by atoms with Crippen LogP contribution >= 0.6 is 11.8 Å². The van der Waals surface area contributed by atoms with Gasteiger partial charge in [0.05, 0.1) is 12.4 Å². The zero-order chi connectivity index (χ0) is 20.8. The second kappa shape index (κ2) is 9.20. The van der Waals surface area contributed by atoms with Crippen molar-refractivity contribution in [2.24, 2.45) is 0 Å². The van der Waals surface area contributed by atoms with E-state index in [-0.39, 0.29) is 40.7 Å². The van der Waals surface area contributed by atoms with Crippen molar-refractivity contribution in [2.75, 3.05) is 23.4 Å². The highest BCUT2D eigenvalue weighted by Crippen LogP contribution is 2.23. The molecule has 0 saturated heterocycles. The molecule has 0 saturated carbocycles. The zero-order valence-corrected chi connectivity index (χ0v) is 16.7. The summed E-state index contributed by atoms with van der Waals surface area (Å²) in [5.74, 6) is -0.644. The molecule has 0 atom stereocenters. The van der Waals surface area contributed by atoms with E-state index in [0.717, 1.165) is 22.9 Å². The number of aryl methyl sites for hydroxylation is 1. The van der Waals surface area contributed by atoms with Crippen molar-refractivity contribution in [3.8, 4) is 11.3 Å². The first-order valence-electron chi connectivity index (χ1n) is 8.72. The molecule has 0 fully saturated rings. The number of ether oxygens (including phenoxy) is 1. The Morgan fingerprint density at radius 3 is 2.72 bits per heavy atom. The summed E-state index contributed by atoms with van der Waals surface area (Å²) in [7, 11) is 0. The Morgan fingerprint density at radius 1 is 1.28 bits per heavy atom. The lowest BCUT2D eigenvalue weighted by Gasteiger charge is -2.05. The van der Waals surface area contributed by atoms with Crippen LogP contribution in [-0.2, 0) is 9.53 Å². The van der Waals surface area contributed by atoms with Crippen molar-refractivity contribution in [2.45, 2.75) is 19.0 Å². The number of carbonyl (C=O) groups excluding carboxylic acids is 2. The molecule has 0 aliphatic heterocycles. The number of nitrogens with one attached hydrogen (secondary N) is 1. The van der Waals surface area contributed by atoms with E-state index in [4.69, 9.17) is 15.0 Å². The molecule has 3 aromatic rings. The molecule has 0 bridgehead atoms. The molecule has 1 amide bonds. The minimum Gasteiger partial charge on any atom is -0.462 e. The third-order valence-electron chi connectivity index (χ3n) is 3.74. The average molecular weight is 413 g/mol. The molecule has 3 rings (SSSR count). The number of thioether (sulfide) groups is 1. The van der Waals surface area contributed by atoms with Gasteiger partial charge in [0, 0.05) is 17.8 Å². The molecule has 29 heavy (non-hydrogen) atoms. The van der Waals surface area contributed by atoms with E-state index in [2.05, 4.69) is 20.4 Å². The fourth-order valence-electron chi connectivity index (χ4n) is 2.31. The van der Waals surface area contributed by atoms with Crippen LogP contribution in [0.4, 0.5) is 11.7 Å². The Kier molecular flexibility index (Phi) is 6.45. The topological polar surface area (TPSA) is 133 Å². The minimum absolute atomic E-state index is 0.000618. The highest BCUT2D eigenvalue weighted by atomic mass is 32.2. The van der Waals surface area contributed by atoms with Crippen molar-refractivity contribution in [1.82, 2.24) is 15.1 Å². The number of amides is 1. The quantitative estimate of drug-likeness (QED) is 0.340. The summed E-state index contributed by atoms with van der Waals surface area (Å²) in [6, 6.07) is 9.44. The van der Waals surface area contributed by atoms with Gasteiger partial charge in [-0.05, 0) is 13.8 Å². The summed E-state index contributed by atoms with van der Waals surface area (Å²) >= 11 is 1.07. The molecule has 0 aliphatic rings. The van der Waals surface area contributed by atoms with Crippen LogP contribution in [0.15, 0.2) is 46.2 Å². The maximum atomic E-state index is 12.1. The van der Waals surface area contributed by atoms with Gasteiger partial charge in [0.2, 0.25) is 11.8 Å². The molecule has 0 unspecified atom stereocenters. The largest absolute Gasteiger partial charge is 0.462 e. The zero-order valence-electron chi connectivity index (χ0n) is 15.8. The normalized spacial score (nSPS) is 10.6. The lowest BCUT2D eigenvalue weighted by atomic mass is 10.1. The molecule has 2 heterocycles. The van der Waals surface area contributed by atoms with Crippen LogP contribution in [0.25, 0.3) is 11.3 Å². The van der Waals surface area contributed by atoms with E-state index in [0.29, 0.717) is 5.69 Å². The predicted molar refractivity (Wildman–Crippen MR) is 108 cm³/mol. The van der Waals surface area contributed by atoms with Gasteiger partial charge in [0.15, 0.2) is 5.16 Å². The number of nitrogens with two attached hydrogens (primary N) is 1. The monoisotopic (exact) mass is 413 g/mol. The lowest BCUT2D eigenvalue weighted by Crippen LogP contribution is -2.14. The third kappa shape index (κ3) is 5.32. The molecule has 9 nitrogen and oxygen atoms in total. The van der Waals surface area contributed by atoms with Crippen molar-refractivity contribution in [3.05, 3.63) is 47.7 Å². The Balaban J connectivity index is 1.56. The van der Waals surface area contributed by atoms with Crippen LogP contribution < -0.4 is 11.1 Å². The van der Waals surface area contributed by atoms with Gasteiger partial charge in [-0.1, -0.05) is 46.7 Å². The second-order valence-corrected chi connectivity index (χ2v) is 6.89. The summed E-state index contributed by atoms with van der Waals surface area (Å²) in [5.41, 5.74) is 8.50. The highest BCUT2D eigenvalue weighted by molar-refractivity contribution is 7.99. The molecule has 0 spiro atoms. The lowest BCUT2D eigenvalue weighted by molar-refractivity contribution is -0.113. The van der Waals surface area contributed by atoms with Gasteiger partial charge in [-0.3, -0.25) is 10.1 Å². The number of esters is 1. The summed E-state index contributed by atoms with van der Waals surface area (Å²) < 4.78 is 10.0. The number of carbonyl (C=O) groups is 2. The van der Waals surface area contributed by atoms with Crippen LogP contribution in [0.2, 0.25) is 0 Å². The van der Waals surface area contributed by atoms with Crippen LogP contribution in [0.3, 0.4) is 0 Å². The van der Waals surface area contributed by atoms with E-state index in [1.54, 1.807) is 13.0 Å².